The molecule has 1 saturated heterocycles. The van der Waals surface area contributed by atoms with Crippen LogP contribution in [0.5, 0.6) is 0 Å². The minimum absolute atomic E-state index is 0.164. The smallest absolute Gasteiger partial charge is 0.319 e. The predicted octanol–water partition coefficient (Wildman–Crippen LogP) is 3.23. The second-order valence-electron chi connectivity index (χ2n) is 6.01. The van der Waals surface area contributed by atoms with Crippen molar-refractivity contribution in [1.82, 2.24) is 10.2 Å². The van der Waals surface area contributed by atoms with Crippen molar-refractivity contribution in [3.05, 3.63) is 70.2 Å². The van der Waals surface area contributed by atoms with Crippen LogP contribution >= 0.6 is 11.6 Å². The molecule has 1 aliphatic carbocycles. The maximum absolute atomic E-state index is 13.0. The Bertz CT molecular complexity index is 803. The first kappa shape index (κ1) is 14.3. The van der Waals surface area contributed by atoms with Crippen molar-refractivity contribution >= 4 is 23.5 Å². The minimum atomic E-state index is -0.889. The number of fused-ring (bicyclic) bond motifs is 2. The standard InChI is InChI=1S/C18H15ClN2O2/c19-14-7-5-12(6-8-14)11-21-16(22)18(20-17(21)23)10-9-13-3-1-2-4-15(13)18/h1-8H,9-11H2,(H,20,23)/t18-/m0/s1. The van der Waals surface area contributed by atoms with Gasteiger partial charge in [0.1, 0.15) is 5.54 Å². The van der Waals surface area contributed by atoms with E-state index in [1.807, 2.05) is 36.4 Å². The monoisotopic (exact) mass is 326 g/mol. The third-order valence-electron chi connectivity index (χ3n) is 4.68. The summed E-state index contributed by atoms with van der Waals surface area (Å²) >= 11 is 5.88. The zero-order valence-corrected chi connectivity index (χ0v) is 13.1. The van der Waals surface area contributed by atoms with E-state index in [1.165, 1.54) is 4.90 Å². The molecule has 0 aromatic heterocycles. The topological polar surface area (TPSA) is 49.4 Å². The lowest BCUT2D eigenvalue weighted by Crippen LogP contribution is -2.41. The van der Waals surface area contributed by atoms with Crippen molar-refractivity contribution in [2.75, 3.05) is 0 Å². The maximum atomic E-state index is 13.0. The van der Waals surface area contributed by atoms with Crippen molar-refractivity contribution < 1.29 is 9.59 Å². The molecule has 0 saturated carbocycles. The van der Waals surface area contributed by atoms with Crippen LogP contribution in [0.25, 0.3) is 0 Å². The Balaban J connectivity index is 1.66. The molecule has 3 amide bonds. The summed E-state index contributed by atoms with van der Waals surface area (Å²) in [6, 6.07) is 14.7. The molecular formula is C18H15ClN2O2. The summed E-state index contributed by atoms with van der Waals surface area (Å²) < 4.78 is 0. The highest BCUT2D eigenvalue weighted by Gasteiger charge is 2.55. The number of aryl methyl sites for hydroxylation is 1. The van der Waals surface area contributed by atoms with Gasteiger partial charge in [-0.2, -0.15) is 0 Å². The molecule has 116 valence electrons. The number of imide groups is 1. The van der Waals surface area contributed by atoms with Crippen LogP contribution in [0.4, 0.5) is 4.79 Å². The molecular weight excluding hydrogens is 312 g/mol. The van der Waals surface area contributed by atoms with Crippen molar-refractivity contribution in [2.24, 2.45) is 0 Å². The molecule has 23 heavy (non-hydrogen) atoms. The van der Waals surface area contributed by atoms with E-state index in [0.29, 0.717) is 11.4 Å². The number of carbonyl (C=O) groups excluding carboxylic acids is 2. The van der Waals surface area contributed by atoms with E-state index in [4.69, 9.17) is 11.6 Å². The predicted molar refractivity (Wildman–Crippen MR) is 87.0 cm³/mol. The molecule has 1 fully saturated rings. The van der Waals surface area contributed by atoms with Crippen molar-refractivity contribution in [3.63, 3.8) is 0 Å². The molecule has 4 nitrogen and oxygen atoms in total. The van der Waals surface area contributed by atoms with Gasteiger partial charge in [0.05, 0.1) is 6.54 Å². The highest BCUT2D eigenvalue weighted by Crippen LogP contribution is 2.41. The molecule has 1 atom stereocenters. The first-order valence-electron chi connectivity index (χ1n) is 7.57. The second-order valence-corrected chi connectivity index (χ2v) is 6.45. The molecule has 0 radical (unpaired) electrons. The summed E-state index contributed by atoms with van der Waals surface area (Å²) in [5, 5.41) is 3.56. The summed E-state index contributed by atoms with van der Waals surface area (Å²) in [7, 11) is 0. The molecule has 2 aromatic carbocycles. The number of benzene rings is 2. The van der Waals surface area contributed by atoms with Gasteiger partial charge in [-0.25, -0.2) is 4.79 Å². The third kappa shape index (κ3) is 2.13. The largest absolute Gasteiger partial charge is 0.325 e. The van der Waals surface area contributed by atoms with Gasteiger partial charge in [0.2, 0.25) is 0 Å². The van der Waals surface area contributed by atoms with Crippen LogP contribution in [0.3, 0.4) is 0 Å². The molecule has 2 aliphatic rings. The summed E-state index contributed by atoms with van der Waals surface area (Å²) in [5.74, 6) is -0.164. The Morgan fingerprint density at radius 2 is 1.83 bits per heavy atom. The number of carbonyl (C=O) groups is 2. The molecule has 0 bridgehead atoms. The Kier molecular flexibility index (Phi) is 3.16. The Morgan fingerprint density at radius 1 is 1.09 bits per heavy atom. The molecule has 2 aromatic rings. The number of nitrogens with one attached hydrogen (secondary N) is 1. The van der Waals surface area contributed by atoms with Gasteiger partial charge in [0.15, 0.2) is 0 Å². The summed E-state index contributed by atoms with van der Waals surface area (Å²) in [6.45, 7) is 0.256. The number of halogens is 1. The Hall–Kier alpha value is -2.33. The van der Waals surface area contributed by atoms with Crippen LogP contribution < -0.4 is 5.32 Å². The van der Waals surface area contributed by atoms with Gasteiger partial charge < -0.3 is 5.32 Å². The number of hydrogen-bond acceptors (Lipinski definition) is 2. The van der Waals surface area contributed by atoms with E-state index in [1.54, 1.807) is 12.1 Å². The van der Waals surface area contributed by atoms with E-state index in [0.717, 1.165) is 23.1 Å². The molecule has 4 rings (SSSR count). The number of amides is 3. The van der Waals surface area contributed by atoms with Crippen LogP contribution in [0.2, 0.25) is 5.02 Å². The van der Waals surface area contributed by atoms with Crippen LogP contribution in [0.1, 0.15) is 23.1 Å². The molecule has 0 unspecified atom stereocenters. The van der Waals surface area contributed by atoms with E-state index in [9.17, 15) is 9.59 Å². The fraction of sp³-hybridized carbons (Fsp3) is 0.222. The minimum Gasteiger partial charge on any atom is -0.319 e. The number of hydrogen-bond donors (Lipinski definition) is 1. The zero-order valence-electron chi connectivity index (χ0n) is 12.4. The van der Waals surface area contributed by atoms with Crippen molar-refractivity contribution in [2.45, 2.75) is 24.9 Å². The Morgan fingerprint density at radius 3 is 2.61 bits per heavy atom. The first-order valence-corrected chi connectivity index (χ1v) is 7.95. The first-order chi connectivity index (χ1) is 11.1. The fourth-order valence-corrected chi connectivity index (χ4v) is 3.63. The van der Waals surface area contributed by atoms with E-state index in [2.05, 4.69) is 5.32 Å². The lowest BCUT2D eigenvalue weighted by Gasteiger charge is -2.22. The highest BCUT2D eigenvalue weighted by molar-refractivity contribution is 6.30. The van der Waals surface area contributed by atoms with Crippen LogP contribution in [0, 0.1) is 0 Å². The second kappa shape index (κ2) is 5.10. The van der Waals surface area contributed by atoms with Crippen molar-refractivity contribution in [3.8, 4) is 0 Å². The quantitative estimate of drug-likeness (QED) is 0.861. The highest BCUT2D eigenvalue weighted by atomic mass is 35.5. The number of urea groups is 1. The number of nitrogens with zero attached hydrogens (tertiary/aromatic N) is 1. The molecule has 1 aliphatic heterocycles. The summed E-state index contributed by atoms with van der Waals surface area (Å²) in [6.07, 6.45) is 1.42. The normalized spacial score (nSPS) is 22.6. The van der Waals surface area contributed by atoms with Gasteiger partial charge >= 0.3 is 6.03 Å². The van der Waals surface area contributed by atoms with Gasteiger partial charge in [-0.3, -0.25) is 9.69 Å². The Labute approximate surface area is 139 Å². The summed E-state index contributed by atoms with van der Waals surface area (Å²) in [5.41, 5.74) is 2.05. The van der Waals surface area contributed by atoms with Gasteiger partial charge in [0, 0.05) is 5.02 Å². The van der Waals surface area contributed by atoms with Gasteiger partial charge in [0.25, 0.3) is 5.91 Å². The van der Waals surface area contributed by atoms with E-state index >= 15 is 0 Å². The van der Waals surface area contributed by atoms with Crippen LogP contribution in [-0.2, 0) is 23.3 Å². The molecule has 1 N–H and O–H groups in total. The SMILES string of the molecule is O=C1N[C@]2(CCc3ccccc32)C(=O)N1Cc1ccc(Cl)cc1. The third-order valence-corrected chi connectivity index (χ3v) is 4.93. The zero-order chi connectivity index (χ0) is 16.0. The molecule has 1 heterocycles. The molecule has 5 heteroatoms. The molecule has 1 spiro atoms. The van der Waals surface area contributed by atoms with Gasteiger partial charge in [-0.05, 0) is 41.7 Å². The van der Waals surface area contributed by atoms with Crippen LogP contribution in [0.15, 0.2) is 48.5 Å². The summed E-state index contributed by atoms with van der Waals surface area (Å²) in [4.78, 5) is 26.7. The van der Waals surface area contributed by atoms with E-state index in [-0.39, 0.29) is 18.5 Å². The maximum Gasteiger partial charge on any atom is 0.325 e. The number of rotatable bonds is 2. The lowest BCUT2D eigenvalue weighted by atomic mass is 9.92. The van der Waals surface area contributed by atoms with Gasteiger partial charge in [-0.15, -0.1) is 0 Å². The average molecular weight is 327 g/mol. The lowest BCUT2D eigenvalue weighted by molar-refractivity contribution is -0.132. The van der Waals surface area contributed by atoms with E-state index < -0.39 is 5.54 Å². The van der Waals surface area contributed by atoms with Crippen LogP contribution in [-0.4, -0.2) is 16.8 Å². The average Bonchev–Trinajstić information content (AvgIpc) is 3.04. The van der Waals surface area contributed by atoms with Crippen molar-refractivity contribution in [1.29, 1.82) is 0 Å². The fourth-order valence-electron chi connectivity index (χ4n) is 3.51. The van der Waals surface area contributed by atoms with Gasteiger partial charge in [-0.1, -0.05) is 48.0 Å².